The minimum atomic E-state index is 0. The molecular formula is C26H54O. The maximum Gasteiger partial charge on any atom is 0.0547 e. The molecule has 0 N–H and O–H groups in total. The summed E-state index contributed by atoms with van der Waals surface area (Å²) in [6.07, 6.45) is 9.01. The fourth-order valence-electron chi connectivity index (χ4n) is 3.08. The highest BCUT2D eigenvalue weighted by Gasteiger charge is 2.13. The van der Waals surface area contributed by atoms with E-state index in [2.05, 4.69) is 65.8 Å². The standard InChI is InChI=1S/C8H16.C8H10.C7H14O.3CH4.H2/c2*1-7-3-5-8(2)6-4-7;1-6-3-4-7(2)8-5-6;;;;/h7-8H,3-6H2,1-2H3;3-6H,1-2H3;6-7H,3-5H2,1-2H3;3*1H4;1H. The van der Waals surface area contributed by atoms with Crippen LogP contribution in [0.4, 0.5) is 0 Å². The van der Waals surface area contributed by atoms with Crippen molar-refractivity contribution in [3.63, 3.8) is 0 Å². The molecule has 27 heavy (non-hydrogen) atoms. The second-order valence-corrected chi connectivity index (χ2v) is 8.35. The lowest BCUT2D eigenvalue weighted by Gasteiger charge is -2.23. The van der Waals surface area contributed by atoms with Gasteiger partial charge in [0, 0.05) is 8.03 Å². The SMILES string of the molecule is C.C.C.CC1CCC(C)CC1.CC1CCC(C)OC1.Cc1ccc(C)cc1.[HH]. The van der Waals surface area contributed by atoms with E-state index in [4.69, 9.17) is 4.74 Å². The smallest absolute Gasteiger partial charge is 0.0547 e. The van der Waals surface area contributed by atoms with Gasteiger partial charge in [0.15, 0.2) is 0 Å². The van der Waals surface area contributed by atoms with Crippen molar-refractivity contribution in [2.45, 2.75) is 108 Å². The number of rotatable bonds is 0. The highest BCUT2D eigenvalue weighted by atomic mass is 16.5. The second kappa shape index (κ2) is 17.3. The molecule has 1 aliphatic carbocycles. The summed E-state index contributed by atoms with van der Waals surface area (Å²) >= 11 is 0. The third-order valence-electron chi connectivity index (χ3n) is 5.25. The molecule has 0 aromatic heterocycles. The fraction of sp³-hybridized carbons (Fsp3) is 0.769. The summed E-state index contributed by atoms with van der Waals surface area (Å²) in [5.41, 5.74) is 2.66. The minimum Gasteiger partial charge on any atom is -0.378 e. The van der Waals surface area contributed by atoms with E-state index < -0.39 is 0 Å². The van der Waals surface area contributed by atoms with Gasteiger partial charge in [-0.25, -0.2) is 0 Å². The van der Waals surface area contributed by atoms with Gasteiger partial charge < -0.3 is 4.74 Å². The summed E-state index contributed by atoms with van der Waals surface area (Å²) in [4.78, 5) is 0. The lowest BCUT2D eigenvalue weighted by molar-refractivity contribution is 0.000267. The highest BCUT2D eigenvalue weighted by Crippen LogP contribution is 2.27. The Morgan fingerprint density at radius 3 is 1.22 bits per heavy atom. The molecule has 1 saturated heterocycles. The third kappa shape index (κ3) is 15.9. The van der Waals surface area contributed by atoms with Crippen LogP contribution < -0.4 is 0 Å². The topological polar surface area (TPSA) is 9.23 Å². The Bertz CT molecular complexity index is 352. The van der Waals surface area contributed by atoms with E-state index in [0.29, 0.717) is 6.10 Å². The normalized spacial score (nSPS) is 26.3. The molecule has 164 valence electrons. The number of aryl methyl sites for hydroxylation is 2. The maximum absolute atomic E-state index is 5.39. The number of hydrogen-bond donors (Lipinski definition) is 0. The highest BCUT2D eigenvalue weighted by molar-refractivity contribution is 5.19. The van der Waals surface area contributed by atoms with E-state index in [1.165, 1.54) is 49.7 Å². The van der Waals surface area contributed by atoms with Gasteiger partial charge in [-0.2, -0.15) is 0 Å². The van der Waals surface area contributed by atoms with Crippen LogP contribution in [0.2, 0.25) is 0 Å². The number of ether oxygens (including phenoxy) is 1. The lowest BCUT2D eigenvalue weighted by atomic mass is 9.84. The first-order valence-corrected chi connectivity index (χ1v) is 10.0. The van der Waals surface area contributed by atoms with Crippen LogP contribution in [-0.4, -0.2) is 12.7 Å². The van der Waals surface area contributed by atoms with Crippen LogP contribution in [0.5, 0.6) is 0 Å². The molecule has 0 radical (unpaired) electrons. The third-order valence-corrected chi connectivity index (χ3v) is 5.25. The van der Waals surface area contributed by atoms with Crippen molar-refractivity contribution >= 4 is 0 Å². The number of benzene rings is 1. The summed E-state index contributed by atoms with van der Waals surface area (Å²) in [5.74, 6) is 2.84. The Morgan fingerprint density at radius 1 is 0.630 bits per heavy atom. The van der Waals surface area contributed by atoms with Gasteiger partial charge in [0.1, 0.15) is 0 Å². The van der Waals surface area contributed by atoms with Crippen molar-refractivity contribution in [3.8, 4) is 0 Å². The molecule has 0 amide bonds. The van der Waals surface area contributed by atoms with Crippen molar-refractivity contribution in [2.75, 3.05) is 6.61 Å². The molecule has 1 heteroatoms. The molecule has 1 aromatic carbocycles. The van der Waals surface area contributed by atoms with Crippen molar-refractivity contribution in [2.24, 2.45) is 17.8 Å². The average Bonchev–Trinajstić information content (AvgIpc) is 2.57. The van der Waals surface area contributed by atoms with Crippen LogP contribution in [0.1, 0.15) is 101 Å². The van der Waals surface area contributed by atoms with E-state index in [1.807, 2.05) is 0 Å². The van der Waals surface area contributed by atoms with Crippen LogP contribution in [0.25, 0.3) is 0 Å². The van der Waals surface area contributed by atoms with E-state index in [1.54, 1.807) is 0 Å². The zero-order chi connectivity index (χ0) is 17.9. The maximum atomic E-state index is 5.39. The van der Waals surface area contributed by atoms with Gasteiger partial charge in [0.2, 0.25) is 0 Å². The summed E-state index contributed by atoms with van der Waals surface area (Å²) in [6.45, 7) is 14.3. The van der Waals surface area contributed by atoms with Crippen LogP contribution >= 0.6 is 0 Å². The zero-order valence-electron chi connectivity index (χ0n) is 17.0. The quantitative estimate of drug-likeness (QED) is 0.434. The zero-order valence-corrected chi connectivity index (χ0v) is 17.0. The van der Waals surface area contributed by atoms with E-state index in [9.17, 15) is 0 Å². The Morgan fingerprint density at radius 2 is 0.963 bits per heavy atom. The predicted molar refractivity (Wildman–Crippen MR) is 129 cm³/mol. The summed E-state index contributed by atoms with van der Waals surface area (Å²) in [7, 11) is 0. The van der Waals surface area contributed by atoms with Crippen LogP contribution in [0, 0.1) is 31.6 Å². The molecule has 0 spiro atoms. The van der Waals surface area contributed by atoms with Crippen molar-refractivity contribution in [1.82, 2.24) is 0 Å². The fourth-order valence-corrected chi connectivity index (χ4v) is 3.08. The van der Waals surface area contributed by atoms with Gasteiger partial charge in [-0.05, 0) is 51.4 Å². The first-order valence-electron chi connectivity index (χ1n) is 10.0. The van der Waals surface area contributed by atoms with Gasteiger partial charge in [-0.15, -0.1) is 0 Å². The van der Waals surface area contributed by atoms with E-state index in [-0.39, 0.29) is 23.7 Å². The average molecular weight is 383 g/mol. The van der Waals surface area contributed by atoms with Crippen LogP contribution in [0.15, 0.2) is 24.3 Å². The molecule has 1 aromatic rings. The van der Waals surface area contributed by atoms with Crippen LogP contribution in [0.3, 0.4) is 0 Å². The number of hydrogen-bond acceptors (Lipinski definition) is 1. The summed E-state index contributed by atoms with van der Waals surface area (Å²) in [5, 5.41) is 0. The van der Waals surface area contributed by atoms with Gasteiger partial charge >= 0.3 is 0 Å². The molecule has 2 aliphatic rings. The molecule has 1 saturated carbocycles. The molecule has 0 bridgehead atoms. The summed E-state index contributed by atoms with van der Waals surface area (Å²) in [6, 6.07) is 8.48. The molecule has 2 atom stereocenters. The molecule has 1 aliphatic heterocycles. The largest absolute Gasteiger partial charge is 0.378 e. The Kier molecular flexibility index (Phi) is 19.8. The predicted octanol–water partition coefficient (Wildman–Crippen LogP) is 9.11. The van der Waals surface area contributed by atoms with Gasteiger partial charge in [0.05, 0.1) is 6.10 Å². The van der Waals surface area contributed by atoms with Gasteiger partial charge in [0.25, 0.3) is 0 Å². The molecule has 1 nitrogen and oxygen atoms in total. The van der Waals surface area contributed by atoms with Crippen molar-refractivity contribution < 1.29 is 6.16 Å². The lowest BCUT2D eigenvalue weighted by Crippen LogP contribution is -2.21. The molecule has 2 fully saturated rings. The van der Waals surface area contributed by atoms with Gasteiger partial charge in [-0.1, -0.05) is 104 Å². The van der Waals surface area contributed by atoms with Crippen molar-refractivity contribution in [1.29, 1.82) is 0 Å². The Hall–Kier alpha value is -0.820. The Balaban J connectivity index is -0.000000144. The first kappa shape index (κ1) is 30.9. The first-order chi connectivity index (χ1) is 11.4. The molecular weight excluding hydrogens is 328 g/mol. The monoisotopic (exact) mass is 382 g/mol. The molecule has 1 heterocycles. The second-order valence-electron chi connectivity index (χ2n) is 8.35. The van der Waals surface area contributed by atoms with E-state index >= 15 is 0 Å². The van der Waals surface area contributed by atoms with Crippen molar-refractivity contribution in [3.05, 3.63) is 35.4 Å². The summed E-state index contributed by atoms with van der Waals surface area (Å²) < 4.78 is 5.39. The molecule has 2 unspecified atom stereocenters. The Labute approximate surface area is 174 Å². The van der Waals surface area contributed by atoms with E-state index in [0.717, 1.165) is 24.4 Å². The minimum absolute atomic E-state index is 0. The molecule has 3 rings (SSSR count). The van der Waals surface area contributed by atoms with Gasteiger partial charge in [-0.3, -0.25) is 0 Å². The van der Waals surface area contributed by atoms with Crippen LogP contribution in [-0.2, 0) is 4.74 Å².